The van der Waals surface area contributed by atoms with Gasteiger partial charge in [-0.1, -0.05) is 12.1 Å². The molecule has 2 fully saturated rings. The minimum absolute atomic E-state index is 0.304. The van der Waals surface area contributed by atoms with Crippen LogP contribution in [-0.4, -0.2) is 61.9 Å². The third-order valence-corrected chi connectivity index (χ3v) is 6.58. The summed E-state index contributed by atoms with van der Waals surface area (Å²) >= 11 is 0. The molecule has 2 aliphatic carbocycles. The SMILES string of the molecule is Nc1nc(Nc2cccc3c2CCC3)nn1-c1cc(N2CCN(C3CC3)CC2)ncn1. The van der Waals surface area contributed by atoms with Crippen LogP contribution in [0, 0.1) is 0 Å². The highest BCUT2D eigenvalue weighted by Gasteiger charge is 2.31. The third-order valence-electron chi connectivity index (χ3n) is 6.58. The van der Waals surface area contributed by atoms with Gasteiger partial charge in [0.2, 0.25) is 11.9 Å². The van der Waals surface area contributed by atoms with Crippen LogP contribution in [0.25, 0.3) is 5.82 Å². The first kappa shape index (κ1) is 18.6. The first-order chi connectivity index (χ1) is 15.2. The summed E-state index contributed by atoms with van der Waals surface area (Å²) in [5.41, 5.74) is 10.0. The van der Waals surface area contributed by atoms with E-state index in [0.717, 1.165) is 56.6 Å². The molecule has 3 aromatic rings. The molecular weight excluding hydrogens is 390 g/mol. The van der Waals surface area contributed by atoms with Crippen LogP contribution in [-0.2, 0) is 12.8 Å². The highest BCUT2D eigenvalue weighted by atomic mass is 15.4. The molecule has 3 N–H and O–H groups in total. The summed E-state index contributed by atoms with van der Waals surface area (Å²) in [6, 6.07) is 9.11. The lowest BCUT2D eigenvalue weighted by molar-refractivity contribution is 0.247. The molecule has 2 aromatic heterocycles. The average molecular weight is 418 g/mol. The predicted molar refractivity (Wildman–Crippen MR) is 120 cm³/mol. The Kier molecular flexibility index (Phi) is 4.48. The molecule has 0 bridgehead atoms. The van der Waals surface area contributed by atoms with E-state index in [-0.39, 0.29) is 0 Å². The lowest BCUT2D eigenvalue weighted by Crippen LogP contribution is -2.47. The summed E-state index contributed by atoms with van der Waals surface area (Å²) in [4.78, 5) is 18.2. The number of nitrogens with two attached hydrogens (primary N) is 1. The zero-order valence-electron chi connectivity index (χ0n) is 17.5. The number of fused-ring (bicyclic) bond motifs is 1. The molecule has 0 radical (unpaired) electrons. The van der Waals surface area contributed by atoms with Crippen molar-refractivity contribution in [1.82, 2.24) is 29.6 Å². The maximum atomic E-state index is 6.20. The van der Waals surface area contributed by atoms with Gasteiger partial charge in [-0.05, 0) is 49.3 Å². The van der Waals surface area contributed by atoms with Crippen LogP contribution >= 0.6 is 0 Å². The van der Waals surface area contributed by atoms with Crippen molar-refractivity contribution in [2.75, 3.05) is 42.1 Å². The molecular formula is C22H27N9. The van der Waals surface area contributed by atoms with Gasteiger partial charge < -0.3 is 16.0 Å². The summed E-state index contributed by atoms with van der Waals surface area (Å²) in [5.74, 6) is 2.32. The molecule has 1 saturated carbocycles. The van der Waals surface area contributed by atoms with Gasteiger partial charge in [0.1, 0.15) is 12.1 Å². The van der Waals surface area contributed by atoms with E-state index in [2.05, 4.69) is 53.4 Å². The van der Waals surface area contributed by atoms with Crippen LogP contribution in [0.4, 0.5) is 23.4 Å². The highest BCUT2D eigenvalue weighted by Crippen LogP contribution is 2.31. The monoisotopic (exact) mass is 417 g/mol. The van der Waals surface area contributed by atoms with Gasteiger partial charge in [-0.15, -0.1) is 5.10 Å². The first-order valence-corrected chi connectivity index (χ1v) is 11.2. The molecule has 160 valence electrons. The molecule has 1 aromatic carbocycles. The number of nitrogen functional groups attached to an aromatic ring is 1. The number of benzene rings is 1. The topological polar surface area (TPSA) is 101 Å². The predicted octanol–water partition coefficient (Wildman–Crippen LogP) is 2.16. The number of anilines is 4. The van der Waals surface area contributed by atoms with E-state index < -0.39 is 0 Å². The fourth-order valence-electron chi connectivity index (χ4n) is 4.78. The van der Waals surface area contributed by atoms with Crippen molar-refractivity contribution < 1.29 is 0 Å². The van der Waals surface area contributed by atoms with E-state index in [1.54, 1.807) is 11.0 Å². The standard InChI is InChI=1S/C22H27N9/c23-21-27-22(26-18-6-2-4-15-3-1-5-17(15)18)28-31(21)20-13-19(24-14-25-20)30-11-9-29(10-12-30)16-7-8-16/h2,4,6,13-14,16H,1,3,5,7-12H2,(H3,23,26,27,28). The van der Waals surface area contributed by atoms with Crippen LogP contribution < -0.4 is 16.0 Å². The normalized spacial score (nSPS) is 18.9. The molecule has 0 spiro atoms. The lowest BCUT2D eigenvalue weighted by Gasteiger charge is -2.35. The van der Waals surface area contributed by atoms with Gasteiger partial charge in [0.15, 0.2) is 5.82 Å². The number of aromatic nitrogens is 5. The van der Waals surface area contributed by atoms with E-state index in [4.69, 9.17) is 5.73 Å². The molecule has 3 aliphatic rings. The van der Waals surface area contributed by atoms with Crippen molar-refractivity contribution in [3.05, 3.63) is 41.7 Å². The molecule has 0 unspecified atom stereocenters. The Morgan fingerprint density at radius 3 is 2.68 bits per heavy atom. The van der Waals surface area contributed by atoms with Crippen molar-refractivity contribution in [1.29, 1.82) is 0 Å². The number of rotatable bonds is 5. The number of hydrogen-bond acceptors (Lipinski definition) is 8. The Labute approximate surface area is 181 Å². The van der Waals surface area contributed by atoms with Gasteiger partial charge in [0, 0.05) is 44.0 Å². The van der Waals surface area contributed by atoms with Gasteiger partial charge in [-0.2, -0.15) is 9.67 Å². The molecule has 0 amide bonds. The van der Waals surface area contributed by atoms with E-state index >= 15 is 0 Å². The van der Waals surface area contributed by atoms with Crippen molar-refractivity contribution in [3.63, 3.8) is 0 Å². The van der Waals surface area contributed by atoms with Crippen LogP contribution in [0.5, 0.6) is 0 Å². The fraction of sp³-hybridized carbons (Fsp3) is 0.455. The number of aryl methyl sites for hydroxylation is 1. The zero-order chi connectivity index (χ0) is 20.8. The maximum absolute atomic E-state index is 6.20. The molecule has 3 heterocycles. The Bertz CT molecular complexity index is 1100. The van der Waals surface area contributed by atoms with Crippen molar-refractivity contribution in [2.24, 2.45) is 0 Å². The summed E-state index contributed by atoms with van der Waals surface area (Å²) < 4.78 is 1.58. The molecule has 9 heteroatoms. The van der Waals surface area contributed by atoms with Crippen LogP contribution in [0.2, 0.25) is 0 Å². The van der Waals surface area contributed by atoms with Crippen LogP contribution in [0.1, 0.15) is 30.4 Å². The summed E-state index contributed by atoms with van der Waals surface area (Å²) in [6.45, 7) is 4.13. The number of hydrogen-bond donors (Lipinski definition) is 2. The quantitative estimate of drug-likeness (QED) is 0.651. The second-order valence-corrected chi connectivity index (χ2v) is 8.62. The summed E-state index contributed by atoms with van der Waals surface area (Å²) in [7, 11) is 0. The maximum Gasteiger partial charge on any atom is 0.248 e. The number of piperazine rings is 1. The van der Waals surface area contributed by atoms with Crippen molar-refractivity contribution >= 4 is 23.4 Å². The zero-order valence-corrected chi connectivity index (χ0v) is 17.5. The van der Waals surface area contributed by atoms with E-state index in [9.17, 15) is 0 Å². The second kappa shape index (κ2) is 7.49. The second-order valence-electron chi connectivity index (χ2n) is 8.62. The van der Waals surface area contributed by atoms with E-state index in [1.807, 2.05) is 6.07 Å². The molecule has 6 rings (SSSR count). The molecule has 1 aliphatic heterocycles. The molecule has 31 heavy (non-hydrogen) atoms. The first-order valence-electron chi connectivity index (χ1n) is 11.2. The van der Waals surface area contributed by atoms with Gasteiger partial charge in [0.25, 0.3) is 0 Å². The summed E-state index contributed by atoms with van der Waals surface area (Å²) in [5, 5.41) is 7.94. The van der Waals surface area contributed by atoms with Gasteiger partial charge >= 0.3 is 0 Å². The third kappa shape index (κ3) is 3.59. The van der Waals surface area contributed by atoms with E-state index in [0.29, 0.717) is 17.7 Å². The largest absolute Gasteiger partial charge is 0.368 e. The van der Waals surface area contributed by atoms with Gasteiger partial charge in [-0.3, -0.25) is 4.90 Å². The Morgan fingerprint density at radius 1 is 1.00 bits per heavy atom. The van der Waals surface area contributed by atoms with Gasteiger partial charge in [-0.25, -0.2) is 9.97 Å². The average Bonchev–Trinajstić information content (AvgIpc) is 3.42. The minimum Gasteiger partial charge on any atom is -0.368 e. The molecule has 0 atom stereocenters. The Morgan fingerprint density at radius 2 is 1.84 bits per heavy atom. The minimum atomic E-state index is 0.304. The van der Waals surface area contributed by atoms with Crippen molar-refractivity contribution in [2.45, 2.75) is 38.1 Å². The number of nitrogens with one attached hydrogen (secondary N) is 1. The van der Waals surface area contributed by atoms with Crippen LogP contribution in [0.3, 0.4) is 0 Å². The summed E-state index contributed by atoms with van der Waals surface area (Å²) in [6.07, 6.45) is 7.69. The van der Waals surface area contributed by atoms with Crippen LogP contribution in [0.15, 0.2) is 30.6 Å². The van der Waals surface area contributed by atoms with Gasteiger partial charge in [0.05, 0.1) is 0 Å². The smallest absolute Gasteiger partial charge is 0.248 e. The van der Waals surface area contributed by atoms with E-state index in [1.165, 1.54) is 30.4 Å². The lowest BCUT2D eigenvalue weighted by atomic mass is 10.1. The van der Waals surface area contributed by atoms with Crippen molar-refractivity contribution in [3.8, 4) is 5.82 Å². The Hall–Kier alpha value is -3.20. The number of nitrogens with zero attached hydrogens (tertiary/aromatic N) is 7. The highest BCUT2D eigenvalue weighted by molar-refractivity contribution is 5.62. The molecule has 1 saturated heterocycles. The molecule has 9 nitrogen and oxygen atoms in total. The Balaban J connectivity index is 1.21. The fourth-order valence-corrected chi connectivity index (χ4v) is 4.78.